The Kier molecular flexibility index (Phi) is 2.59. The van der Waals surface area contributed by atoms with Crippen molar-refractivity contribution in [3.05, 3.63) is 36.2 Å². The van der Waals surface area contributed by atoms with Crippen molar-refractivity contribution in [3.63, 3.8) is 0 Å². The lowest BCUT2D eigenvalue weighted by atomic mass is 10.2. The Labute approximate surface area is 89.6 Å². The highest BCUT2D eigenvalue weighted by atomic mass is 32.1. The largest absolute Gasteiger partial charge is 0.478 e. The fourth-order valence-electron chi connectivity index (χ4n) is 1.05. The standard InChI is InChI=1S/C9H7N3O2S/c13-8(14)6-1-3-7(4-2-6)12-9-10-5-11-15-9/h1-5H,(H,13,14)(H,10,11,12). The van der Waals surface area contributed by atoms with E-state index in [9.17, 15) is 4.79 Å². The van der Waals surface area contributed by atoms with Crippen molar-refractivity contribution in [2.45, 2.75) is 0 Å². The Morgan fingerprint density at radius 3 is 2.60 bits per heavy atom. The van der Waals surface area contributed by atoms with E-state index < -0.39 is 5.97 Å². The van der Waals surface area contributed by atoms with E-state index in [1.807, 2.05) is 0 Å². The van der Waals surface area contributed by atoms with E-state index in [1.165, 1.54) is 30.0 Å². The van der Waals surface area contributed by atoms with Crippen LogP contribution in [0.4, 0.5) is 10.8 Å². The minimum Gasteiger partial charge on any atom is -0.478 e. The van der Waals surface area contributed by atoms with Crippen molar-refractivity contribution in [2.75, 3.05) is 5.32 Å². The summed E-state index contributed by atoms with van der Waals surface area (Å²) in [5.74, 6) is -0.933. The molecule has 0 aliphatic carbocycles. The highest BCUT2D eigenvalue weighted by Gasteiger charge is 2.02. The molecule has 0 bridgehead atoms. The second kappa shape index (κ2) is 4.05. The number of anilines is 2. The molecule has 0 saturated carbocycles. The van der Waals surface area contributed by atoms with Gasteiger partial charge in [-0.25, -0.2) is 9.78 Å². The Bertz CT molecular complexity index is 453. The summed E-state index contributed by atoms with van der Waals surface area (Å²) in [6, 6.07) is 6.44. The predicted molar refractivity (Wildman–Crippen MR) is 56.6 cm³/mol. The first-order chi connectivity index (χ1) is 7.25. The van der Waals surface area contributed by atoms with Crippen LogP contribution in [0, 0.1) is 0 Å². The van der Waals surface area contributed by atoms with Gasteiger partial charge in [0.05, 0.1) is 5.56 Å². The molecule has 0 spiro atoms. The third kappa shape index (κ3) is 2.29. The minimum absolute atomic E-state index is 0.262. The molecule has 0 aliphatic rings. The predicted octanol–water partition coefficient (Wildman–Crippen LogP) is 1.98. The number of hydrogen-bond donors (Lipinski definition) is 2. The second-order valence-electron chi connectivity index (χ2n) is 2.75. The first kappa shape index (κ1) is 9.60. The van der Waals surface area contributed by atoms with Gasteiger partial charge in [-0.3, -0.25) is 0 Å². The van der Waals surface area contributed by atoms with Gasteiger partial charge in [0.15, 0.2) is 0 Å². The fraction of sp³-hybridized carbons (Fsp3) is 0. The zero-order valence-corrected chi connectivity index (χ0v) is 8.36. The molecule has 2 rings (SSSR count). The molecule has 0 amide bonds. The second-order valence-corrected chi connectivity index (χ2v) is 3.53. The van der Waals surface area contributed by atoms with E-state index in [0.29, 0.717) is 5.13 Å². The third-order valence-electron chi connectivity index (χ3n) is 1.74. The van der Waals surface area contributed by atoms with Crippen LogP contribution in [0.3, 0.4) is 0 Å². The monoisotopic (exact) mass is 221 g/mol. The molecule has 76 valence electrons. The van der Waals surface area contributed by atoms with Gasteiger partial charge in [-0.2, -0.15) is 4.37 Å². The normalized spacial score (nSPS) is 9.87. The SMILES string of the molecule is O=C(O)c1ccc(Nc2ncns2)cc1. The topological polar surface area (TPSA) is 75.1 Å². The maximum Gasteiger partial charge on any atom is 0.335 e. The van der Waals surface area contributed by atoms with Gasteiger partial charge in [-0.05, 0) is 24.3 Å². The lowest BCUT2D eigenvalue weighted by Crippen LogP contribution is -1.96. The Morgan fingerprint density at radius 1 is 1.33 bits per heavy atom. The number of nitrogens with one attached hydrogen (secondary N) is 1. The third-order valence-corrected chi connectivity index (χ3v) is 2.32. The van der Waals surface area contributed by atoms with Crippen LogP contribution in [0.1, 0.15) is 10.4 Å². The van der Waals surface area contributed by atoms with Gasteiger partial charge in [0, 0.05) is 17.2 Å². The quantitative estimate of drug-likeness (QED) is 0.828. The Morgan fingerprint density at radius 2 is 2.07 bits per heavy atom. The van der Waals surface area contributed by atoms with Crippen LogP contribution in [-0.2, 0) is 0 Å². The summed E-state index contributed by atoms with van der Waals surface area (Å²) in [6.07, 6.45) is 1.46. The minimum atomic E-state index is -0.933. The molecular formula is C9H7N3O2S. The van der Waals surface area contributed by atoms with Crippen LogP contribution in [0.5, 0.6) is 0 Å². The van der Waals surface area contributed by atoms with E-state index in [4.69, 9.17) is 5.11 Å². The molecule has 1 aromatic carbocycles. The number of carboxylic acids is 1. The van der Waals surface area contributed by atoms with Crippen LogP contribution in [0.25, 0.3) is 0 Å². The van der Waals surface area contributed by atoms with Gasteiger partial charge in [-0.1, -0.05) is 0 Å². The molecular weight excluding hydrogens is 214 g/mol. The molecule has 15 heavy (non-hydrogen) atoms. The van der Waals surface area contributed by atoms with Crippen LogP contribution in [-0.4, -0.2) is 20.4 Å². The van der Waals surface area contributed by atoms with Gasteiger partial charge >= 0.3 is 5.97 Å². The van der Waals surface area contributed by atoms with Crippen LogP contribution >= 0.6 is 11.5 Å². The molecule has 0 saturated heterocycles. The summed E-state index contributed by atoms with van der Waals surface area (Å²) in [7, 11) is 0. The highest BCUT2D eigenvalue weighted by molar-refractivity contribution is 7.09. The summed E-state index contributed by atoms with van der Waals surface area (Å²) >= 11 is 1.24. The van der Waals surface area contributed by atoms with Crippen molar-refractivity contribution in [3.8, 4) is 0 Å². The molecule has 0 unspecified atom stereocenters. The van der Waals surface area contributed by atoms with E-state index in [2.05, 4.69) is 14.7 Å². The first-order valence-electron chi connectivity index (χ1n) is 4.13. The van der Waals surface area contributed by atoms with Gasteiger partial charge < -0.3 is 10.4 Å². The van der Waals surface area contributed by atoms with Gasteiger partial charge in [0.25, 0.3) is 0 Å². The molecule has 5 nitrogen and oxygen atoms in total. The number of aromatic carboxylic acids is 1. The molecule has 0 fully saturated rings. The molecule has 1 heterocycles. The number of carbonyl (C=O) groups is 1. The average molecular weight is 221 g/mol. The zero-order valence-electron chi connectivity index (χ0n) is 7.54. The Hall–Kier alpha value is -1.95. The van der Waals surface area contributed by atoms with Crippen molar-refractivity contribution in [1.82, 2.24) is 9.36 Å². The van der Waals surface area contributed by atoms with Crippen molar-refractivity contribution >= 4 is 28.3 Å². The smallest absolute Gasteiger partial charge is 0.335 e. The highest BCUT2D eigenvalue weighted by Crippen LogP contribution is 2.17. The Balaban J connectivity index is 2.14. The van der Waals surface area contributed by atoms with Crippen LogP contribution in [0.15, 0.2) is 30.6 Å². The van der Waals surface area contributed by atoms with Crippen molar-refractivity contribution in [1.29, 1.82) is 0 Å². The maximum atomic E-state index is 10.6. The summed E-state index contributed by atoms with van der Waals surface area (Å²) in [5, 5.41) is 12.4. The molecule has 0 aliphatic heterocycles. The summed E-state index contributed by atoms with van der Waals surface area (Å²) in [4.78, 5) is 14.5. The molecule has 1 aromatic heterocycles. The van der Waals surface area contributed by atoms with Crippen molar-refractivity contribution < 1.29 is 9.90 Å². The van der Waals surface area contributed by atoms with E-state index in [1.54, 1.807) is 12.1 Å². The lowest BCUT2D eigenvalue weighted by molar-refractivity contribution is 0.0697. The van der Waals surface area contributed by atoms with E-state index in [0.717, 1.165) is 5.69 Å². The van der Waals surface area contributed by atoms with Gasteiger partial charge in [0.2, 0.25) is 5.13 Å². The number of nitrogens with zero attached hydrogens (tertiary/aromatic N) is 2. The van der Waals surface area contributed by atoms with Gasteiger partial charge in [-0.15, -0.1) is 0 Å². The number of rotatable bonds is 3. The van der Waals surface area contributed by atoms with Crippen molar-refractivity contribution in [2.24, 2.45) is 0 Å². The summed E-state index contributed by atoms with van der Waals surface area (Å²) < 4.78 is 3.84. The van der Waals surface area contributed by atoms with Crippen LogP contribution < -0.4 is 5.32 Å². The first-order valence-corrected chi connectivity index (χ1v) is 4.90. The van der Waals surface area contributed by atoms with E-state index in [-0.39, 0.29) is 5.56 Å². The lowest BCUT2D eigenvalue weighted by Gasteiger charge is -2.01. The maximum absolute atomic E-state index is 10.6. The summed E-state index contributed by atoms with van der Waals surface area (Å²) in [6.45, 7) is 0. The number of carboxylic acid groups (broad SMARTS) is 1. The van der Waals surface area contributed by atoms with Crippen LogP contribution in [0.2, 0.25) is 0 Å². The van der Waals surface area contributed by atoms with Gasteiger partial charge in [0.1, 0.15) is 6.33 Å². The molecule has 6 heteroatoms. The molecule has 0 radical (unpaired) electrons. The zero-order chi connectivity index (χ0) is 10.7. The number of benzene rings is 1. The summed E-state index contributed by atoms with van der Waals surface area (Å²) in [5.41, 5.74) is 1.05. The molecule has 0 atom stereocenters. The molecule has 2 N–H and O–H groups in total. The fourth-order valence-corrected chi connectivity index (χ4v) is 1.50. The van der Waals surface area contributed by atoms with E-state index >= 15 is 0 Å². The average Bonchev–Trinajstić information content (AvgIpc) is 2.71. The molecule has 2 aromatic rings. The number of hydrogen-bond acceptors (Lipinski definition) is 5. The number of aromatic nitrogens is 2.